The smallest absolute Gasteiger partial charge is 0.0373 e. The van der Waals surface area contributed by atoms with Gasteiger partial charge < -0.3 is 5.32 Å². The number of nitrogens with one attached hydrogen (secondary N) is 1. The van der Waals surface area contributed by atoms with E-state index in [0.717, 1.165) is 6.54 Å². The van der Waals surface area contributed by atoms with E-state index in [1.165, 1.54) is 51.9 Å². The van der Waals surface area contributed by atoms with Crippen LogP contribution in [-0.4, -0.2) is 6.54 Å². The molecule has 0 fully saturated rings. The Morgan fingerprint density at radius 2 is 1.68 bits per heavy atom. The Labute approximate surface area is 115 Å². The van der Waals surface area contributed by atoms with Crippen molar-refractivity contribution in [3.05, 3.63) is 52.6 Å². The molecule has 2 aromatic carbocycles. The molecule has 1 aliphatic rings. The standard InChI is InChI=1S/C18H21N/c1-12-9-14(3)17(10-13(12)2)15-6-7-18-16(11-15)5-4-8-19-18/h6-7,9-11,19H,4-5,8H2,1-3H3. The molecular weight excluding hydrogens is 230 g/mol. The molecule has 0 unspecified atom stereocenters. The summed E-state index contributed by atoms with van der Waals surface area (Å²) < 4.78 is 0. The summed E-state index contributed by atoms with van der Waals surface area (Å²) in [6.45, 7) is 7.69. The van der Waals surface area contributed by atoms with E-state index in [-0.39, 0.29) is 0 Å². The molecule has 3 rings (SSSR count). The Kier molecular flexibility index (Phi) is 3.06. The molecule has 0 radical (unpaired) electrons. The normalized spacial score (nSPS) is 13.8. The second-order valence-electron chi connectivity index (χ2n) is 5.65. The monoisotopic (exact) mass is 251 g/mol. The zero-order chi connectivity index (χ0) is 13.4. The quantitative estimate of drug-likeness (QED) is 0.778. The second kappa shape index (κ2) is 4.73. The van der Waals surface area contributed by atoms with Gasteiger partial charge in [-0.3, -0.25) is 0 Å². The van der Waals surface area contributed by atoms with Crippen molar-refractivity contribution in [2.45, 2.75) is 33.6 Å². The molecule has 0 spiro atoms. The lowest BCUT2D eigenvalue weighted by atomic mass is 9.92. The van der Waals surface area contributed by atoms with E-state index in [4.69, 9.17) is 0 Å². The van der Waals surface area contributed by atoms with Crippen molar-refractivity contribution in [3.8, 4) is 11.1 Å². The van der Waals surface area contributed by atoms with E-state index in [1.807, 2.05) is 0 Å². The second-order valence-corrected chi connectivity index (χ2v) is 5.65. The van der Waals surface area contributed by atoms with Gasteiger partial charge >= 0.3 is 0 Å². The number of rotatable bonds is 1. The summed E-state index contributed by atoms with van der Waals surface area (Å²) in [7, 11) is 0. The highest BCUT2D eigenvalue weighted by atomic mass is 14.9. The number of hydrogen-bond acceptors (Lipinski definition) is 1. The number of anilines is 1. The number of aryl methyl sites for hydroxylation is 4. The minimum absolute atomic E-state index is 1.11. The summed E-state index contributed by atoms with van der Waals surface area (Å²) in [4.78, 5) is 0. The van der Waals surface area contributed by atoms with E-state index in [1.54, 1.807) is 0 Å². The molecule has 98 valence electrons. The third kappa shape index (κ3) is 2.25. The fraction of sp³-hybridized carbons (Fsp3) is 0.333. The highest BCUT2D eigenvalue weighted by Gasteiger charge is 2.11. The summed E-state index contributed by atoms with van der Waals surface area (Å²) in [6.07, 6.45) is 2.43. The number of hydrogen-bond donors (Lipinski definition) is 1. The van der Waals surface area contributed by atoms with E-state index < -0.39 is 0 Å². The minimum Gasteiger partial charge on any atom is -0.385 e. The zero-order valence-electron chi connectivity index (χ0n) is 12.0. The Balaban J connectivity index is 2.09. The maximum atomic E-state index is 3.48. The Morgan fingerprint density at radius 3 is 2.53 bits per heavy atom. The molecule has 1 heteroatoms. The zero-order valence-corrected chi connectivity index (χ0v) is 12.0. The van der Waals surface area contributed by atoms with Crippen molar-refractivity contribution >= 4 is 5.69 Å². The van der Waals surface area contributed by atoms with E-state index >= 15 is 0 Å². The van der Waals surface area contributed by atoms with Crippen LogP contribution >= 0.6 is 0 Å². The van der Waals surface area contributed by atoms with Gasteiger partial charge in [0.2, 0.25) is 0 Å². The molecule has 1 heterocycles. The van der Waals surface area contributed by atoms with Crippen LogP contribution in [0, 0.1) is 20.8 Å². The topological polar surface area (TPSA) is 12.0 Å². The van der Waals surface area contributed by atoms with Gasteiger partial charge in [-0.05, 0) is 79.1 Å². The molecule has 19 heavy (non-hydrogen) atoms. The fourth-order valence-electron chi connectivity index (χ4n) is 2.91. The van der Waals surface area contributed by atoms with Gasteiger partial charge in [0, 0.05) is 12.2 Å². The van der Waals surface area contributed by atoms with Crippen LogP contribution in [-0.2, 0) is 6.42 Å². The molecule has 2 aromatic rings. The summed E-state index contributed by atoms with van der Waals surface area (Å²) in [5.41, 5.74) is 9.61. The predicted molar refractivity (Wildman–Crippen MR) is 82.9 cm³/mol. The first-order chi connectivity index (χ1) is 9.15. The first kappa shape index (κ1) is 12.3. The highest BCUT2D eigenvalue weighted by molar-refractivity contribution is 5.72. The van der Waals surface area contributed by atoms with Crippen molar-refractivity contribution in [1.82, 2.24) is 0 Å². The lowest BCUT2D eigenvalue weighted by Crippen LogP contribution is -2.11. The molecule has 0 amide bonds. The van der Waals surface area contributed by atoms with Crippen molar-refractivity contribution in [1.29, 1.82) is 0 Å². The Hall–Kier alpha value is -1.76. The molecule has 0 atom stereocenters. The molecule has 0 aliphatic carbocycles. The third-order valence-corrected chi connectivity index (χ3v) is 4.20. The third-order valence-electron chi connectivity index (χ3n) is 4.20. The minimum atomic E-state index is 1.11. The molecule has 0 saturated carbocycles. The van der Waals surface area contributed by atoms with E-state index in [9.17, 15) is 0 Å². The summed E-state index contributed by atoms with van der Waals surface area (Å²) >= 11 is 0. The van der Waals surface area contributed by atoms with Gasteiger partial charge in [-0.2, -0.15) is 0 Å². The van der Waals surface area contributed by atoms with Gasteiger partial charge in [-0.25, -0.2) is 0 Å². The predicted octanol–water partition coefficient (Wildman–Crippen LogP) is 4.64. The number of fused-ring (bicyclic) bond motifs is 1. The first-order valence-corrected chi connectivity index (χ1v) is 7.10. The van der Waals surface area contributed by atoms with Crippen molar-refractivity contribution in [2.75, 3.05) is 11.9 Å². The molecule has 1 nitrogen and oxygen atoms in total. The maximum Gasteiger partial charge on any atom is 0.0373 e. The van der Waals surface area contributed by atoms with Crippen LogP contribution in [0.3, 0.4) is 0 Å². The van der Waals surface area contributed by atoms with E-state index in [0.29, 0.717) is 0 Å². The largest absolute Gasteiger partial charge is 0.385 e. The van der Waals surface area contributed by atoms with Crippen LogP contribution in [0.1, 0.15) is 28.7 Å². The SMILES string of the molecule is Cc1cc(C)c(-c2ccc3c(c2)CCCN3)cc1C. The molecule has 0 bridgehead atoms. The molecule has 1 aliphatic heterocycles. The summed E-state index contributed by atoms with van der Waals surface area (Å²) in [5.74, 6) is 0. The lowest BCUT2D eigenvalue weighted by molar-refractivity contribution is 0.830. The molecular formula is C18H21N. The molecule has 1 N–H and O–H groups in total. The molecule has 0 aromatic heterocycles. The van der Waals surface area contributed by atoms with Crippen LogP contribution in [0.25, 0.3) is 11.1 Å². The van der Waals surface area contributed by atoms with Gasteiger partial charge in [0.05, 0.1) is 0 Å². The van der Waals surface area contributed by atoms with Gasteiger partial charge in [-0.15, -0.1) is 0 Å². The van der Waals surface area contributed by atoms with Crippen molar-refractivity contribution in [2.24, 2.45) is 0 Å². The van der Waals surface area contributed by atoms with Crippen LogP contribution in [0.2, 0.25) is 0 Å². The summed E-state index contributed by atoms with van der Waals surface area (Å²) in [5, 5.41) is 3.48. The average molecular weight is 251 g/mol. The van der Waals surface area contributed by atoms with Gasteiger partial charge in [0.15, 0.2) is 0 Å². The van der Waals surface area contributed by atoms with E-state index in [2.05, 4.69) is 56.4 Å². The maximum absolute atomic E-state index is 3.48. The highest BCUT2D eigenvalue weighted by Crippen LogP contribution is 2.31. The van der Waals surface area contributed by atoms with Crippen LogP contribution in [0.15, 0.2) is 30.3 Å². The number of benzene rings is 2. The van der Waals surface area contributed by atoms with Gasteiger partial charge in [0.25, 0.3) is 0 Å². The van der Waals surface area contributed by atoms with Crippen LogP contribution < -0.4 is 5.32 Å². The Morgan fingerprint density at radius 1 is 0.895 bits per heavy atom. The lowest BCUT2D eigenvalue weighted by Gasteiger charge is -2.19. The van der Waals surface area contributed by atoms with Crippen LogP contribution in [0.4, 0.5) is 5.69 Å². The fourth-order valence-corrected chi connectivity index (χ4v) is 2.91. The first-order valence-electron chi connectivity index (χ1n) is 7.10. The van der Waals surface area contributed by atoms with Crippen LogP contribution in [0.5, 0.6) is 0 Å². The average Bonchev–Trinajstić information content (AvgIpc) is 2.42. The molecule has 0 saturated heterocycles. The van der Waals surface area contributed by atoms with Gasteiger partial charge in [-0.1, -0.05) is 18.2 Å². The summed E-state index contributed by atoms with van der Waals surface area (Å²) in [6, 6.07) is 11.5. The van der Waals surface area contributed by atoms with Crippen molar-refractivity contribution < 1.29 is 0 Å². The van der Waals surface area contributed by atoms with Gasteiger partial charge in [0.1, 0.15) is 0 Å². The van der Waals surface area contributed by atoms with Crippen molar-refractivity contribution in [3.63, 3.8) is 0 Å². The Bertz CT molecular complexity index is 626.